The van der Waals surface area contributed by atoms with Crippen LogP contribution in [0.3, 0.4) is 0 Å². The molecule has 9 heteroatoms. The van der Waals surface area contributed by atoms with E-state index in [-0.39, 0.29) is 11.6 Å². The van der Waals surface area contributed by atoms with E-state index in [4.69, 9.17) is 5.10 Å². The maximum Gasteiger partial charge on any atom is 0.416 e. The van der Waals surface area contributed by atoms with Crippen molar-refractivity contribution in [1.29, 1.82) is 0 Å². The number of aromatic nitrogens is 3. The minimum atomic E-state index is -4.40. The summed E-state index contributed by atoms with van der Waals surface area (Å²) in [5.74, 6) is 0.334. The number of nitrogens with zero attached hydrogens (tertiary/aromatic N) is 2. The Balaban J connectivity index is 1.37. The number of benzene rings is 2. The van der Waals surface area contributed by atoms with E-state index in [1.165, 1.54) is 12.1 Å². The highest BCUT2D eigenvalue weighted by Crippen LogP contribution is 2.35. The summed E-state index contributed by atoms with van der Waals surface area (Å²) in [4.78, 5) is 15.3. The molecule has 0 bridgehead atoms. The lowest BCUT2D eigenvalue weighted by molar-refractivity contribution is -0.137. The highest BCUT2D eigenvalue weighted by atomic mass is 19.4. The Morgan fingerprint density at radius 1 is 0.912 bits per heavy atom. The van der Waals surface area contributed by atoms with Crippen LogP contribution in [0.2, 0.25) is 0 Å². The third kappa shape index (κ3) is 4.50. The number of rotatable bonds is 5. The van der Waals surface area contributed by atoms with Gasteiger partial charge < -0.3 is 15.6 Å². The van der Waals surface area contributed by atoms with Gasteiger partial charge in [0.25, 0.3) is 5.56 Å². The monoisotopic (exact) mass is 467 g/mol. The van der Waals surface area contributed by atoms with E-state index >= 15 is 0 Å². The molecule has 2 aromatic carbocycles. The molecule has 0 unspecified atom stereocenters. The highest BCUT2D eigenvalue weighted by Gasteiger charge is 2.30. The lowest BCUT2D eigenvalue weighted by Gasteiger charge is -2.30. The van der Waals surface area contributed by atoms with Crippen molar-refractivity contribution >= 4 is 28.1 Å². The number of H-pyrrole nitrogens is 1. The fraction of sp³-hybridized carbons (Fsp3) is 0.280. The molecule has 1 saturated carbocycles. The average molecular weight is 467 g/mol. The van der Waals surface area contributed by atoms with Gasteiger partial charge in [0.1, 0.15) is 5.39 Å². The predicted molar refractivity (Wildman–Crippen MR) is 126 cm³/mol. The molecule has 1 aliphatic rings. The first-order valence-electron chi connectivity index (χ1n) is 11.2. The van der Waals surface area contributed by atoms with Crippen LogP contribution in [-0.2, 0) is 6.18 Å². The van der Waals surface area contributed by atoms with E-state index in [9.17, 15) is 18.0 Å². The molecule has 0 spiro atoms. The second-order valence-corrected chi connectivity index (χ2v) is 8.58. The zero-order valence-corrected chi connectivity index (χ0v) is 18.3. The van der Waals surface area contributed by atoms with Gasteiger partial charge in [0.15, 0.2) is 5.82 Å². The Bertz CT molecular complexity index is 1320. The summed E-state index contributed by atoms with van der Waals surface area (Å²) in [5, 5.41) is 11.7. The third-order valence-electron chi connectivity index (χ3n) is 6.29. The Labute approximate surface area is 193 Å². The minimum Gasteiger partial charge on any atom is -0.382 e. The van der Waals surface area contributed by atoms with Crippen molar-refractivity contribution in [1.82, 2.24) is 14.8 Å². The number of aromatic amines is 1. The molecule has 2 heterocycles. The van der Waals surface area contributed by atoms with Gasteiger partial charge in [0.05, 0.1) is 17.1 Å². The van der Waals surface area contributed by atoms with Crippen LogP contribution in [-0.4, -0.2) is 20.8 Å². The molecule has 0 atom stereocenters. The number of nitrogens with one attached hydrogen (secondary N) is 3. The summed E-state index contributed by atoms with van der Waals surface area (Å²) in [6.07, 6.45) is 0.907. The van der Waals surface area contributed by atoms with Gasteiger partial charge in [-0.1, -0.05) is 18.2 Å². The van der Waals surface area contributed by atoms with Gasteiger partial charge in [-0.05, 0) is 68.1 Å². The molecule has 0 radical (unpaired) electrons. The van der Waals surface area contributed by atoms with E-state index < -0.39 is 11.7 Å². The van der Waals surface area contributed by atoms with Crippen molar-refractivity contribution in [3.63, 3.8) is 0 Å². The van der Waals surface area contributed by atoms with Crippen molar-refractivity contribution < 1.29 is 13.2 Å². The number of hydrogen-bond donors (Lipinski definition) is 3. The molecule has 5 rings (SSSR count). The van der Waals surface area contributed by atoms with Gasteiger partial charge in [-0.3, -0.25) is 9.48 Å². The fourth-order valence-electron chi connectivity index (χ4n) is 4.58. The molecule has 34 heavy (non-hydrogen) atoms. The Morgan fingerprint density at radius 3 is 2.29 bits per heavy atom. The number of anilines is 3. The first kappa shape index (κ1) is 22.1. The zero-order valence-electron chi connectivity index (χ0n) is 18.3. The molecule has 4 aromatic rings. The standard InChI is InChI=1S/C25H24F3N5O/c26-25(27,28)16-6-8-19(9-7-16)31-23-22-21(14-15-29-24(22)34)33(32-23)20-12-10-18(11-13-20)30-17-4-2-1-3-5-17/h1-9,14-15,18,20,30H,10-13H2,(H,29,34)(H,31,32). The van der Waals surface area contributed by atoms with E-state index in [1.54, 1.807) is 6.20 Å². The molecular formula is C25H24F3N5O. The zero-order chi connectivity index (χ0) is 23.7. The van der Waals surface area contributed by atoms with Crippen molar-refractivity contribution in [2.24, 2.45) is 0 Å². The lowest BCUT2D eigenvalue weighted by Crippen LogP contribution is -2.27. The van der Waals surface area contributed by atoms with Crippen LogP contribution < -0.4 is 16.2 Å². The first-order valence-corrected chi connectivity index (χ1v) is 11.2. The third-order valence-corrected chi connectivity index (χ3v) is 6.29. The summed E-state index contributed by atoms with van der Waals surface area (Å²) in [6, 6.07) is 17.1. The number of hydrogen-bond acceptors (Lipinski definition) is 4. The topological polar surface area (TPSA) is 74.7 Å². The molecule has 1 aliphatic carbocycles. The van der Waals surface area contributed by atoms with Crippen molar-refractivity contribution in [2.75, 3.05) is 10.6 Å². The second kappa shape index (κ2) is 8.89. The van der Waals surface area contributed by atoms with E-state index in [0.717, 1.165) is 43.5 Å². The number of fused-ring (bicyclic) bond motifs is 1. The molecule has 1 fully saturated rings. The van der Waals surface area contributed by atoms with Crippen LogP contribution >= 0.6 is 0 Å². The molecule has 176 valence electrons. The Kier molecular flexibility index (Phi) is 5.77. The Morgan fingerprint density at radius 2 is 1.62 bits per heavy atom. The van der Waals surface area contributed by atoms with Gasteiger partial charge in [0, 0.05) is 23.6 Å². The normalized spacial score (nSPS) is 18.7. The number of pyridine rings is 1. The smallest absolute Gasteiger partial charge is 0.382 e. The Hall–Kier alpha value is -3.75. The predicted octanol–water partition coefficient (Wildman–Crippen LogP) is 6.08. The summed E-state index contributed by atoms with van der Waals surface area (Å²) in [5.41, 5.74) is 1.21. The van der Waals surface area contributed by atoms with Crippen LogP contribution in [0, 0.1) is 0 Å². The van der Waals surface area contributed by atoms with Gasteiger partial charge in [-0.25, -0.2) is 0 Å². The van der Waals surface area contributed by atoms with Crippen molar-refractivity contribution in [3.05, 3.63) is 82.8 Å². The summed E-state index contributed by atoms with van der Waals surface area (Å²) >= 11 is 0. The summed E-state index contributed by atoms with van der Waals surface area (Å²) < 4.78 is 40.5. The summed E-state index contributed by atoms with van der Waals surface area (Å²) in [7, 11) is 0. The molecule has 0 aliphatic heterocycles. The van der Waals surface area contributed by atoms with Crippen molar-refractivity contribution in [2.45, 2.75) is 43.9 Å². The van der Waals surface area contributed by atoms with Crippen LogP contribution in [0.25, 0.3) is 10.9 Å². The molecular weight excluding hydrogens is 443 g/mol. The number of alkyl halides is 3. The highest BCUT2D eigenvalue weighted by molar-refractivity contribution is 5.91. The maximum absolute atomic E-state index is 12.9. The van der Waals surface area contributed by atoms with Crippen LogP contribution in [0.4, 0.5) is 30.4 Å². The fourth-order valence-corrected chi connectivity index (χ4v) is 4.58. The average Bonchev–Trinajstić information content (AvgIpc) is 3.19. The van der Waals surface area contributed by atoms with Gasteiger partial charge in [-0.15, -0.1) is 0 Å². The number of para-hydroxylation sites is 1. The van der Waals surface area contributed by atoms with Gasteiger partial charge >= 0.3 is 6.18 Å². The van der Waals surface area contributed by atoms with Gasteiger partial charge in [-0.2, -0.15) is 18.3 Å². The van der Waals surface area contributed by atoms with Crippen LogP contribution in [0.5, 0.6) is 0 Å². The van der Waals surface area contributed by atoms with E-state index in [1.807, 2.05) is 28.9 Å². The van der Waals surface area contributed by atoms with Gasteiger partial charge in [0.2, 0.25) is 0 Å². The number of halogens is 3. The SMILES string of the molecule is O=c1[nH]ccc2c1c(Nc1ccc(C(F)(F)F)cc1)nn2C1CCC(Nc2ccccc2)CC1. The maximum atomic E-state index is 12.9. The largest absolute Gasteiger partial charge is 0.416 e. The molecule has 0 amide bonds. The molecule has 2 aromatic heterocycles. The quantitative estimate of drug-likeness (QED) is 0.332. The van der Waals surface area contributed by atoms with Crippen LogP contribution in [0.15, 0.2) is 71.7 Å². The molecule has 0 saturated heterocycles. The lowest BCUT2D eigenvalue weighted by atomic mass is 9.91. The first-order chi connectivity index (χ1) is 16.4. The molecule has 3 N–H and O–H groups in total. The molecule has 6 nitrogen and oxygen atoms in total. The van der Waals surface area contributed by atoms with Crippen molar-refractivity contribution in [3.8, 4) is 0 Å². The second-order valence-electron chi connectivity index (χ2n) is 8.58. The van der Waals surface area contributed by atoms with E-state index in [0.29, 0.717) is 28.5 Å². The summed E-state index contributed by atoms with van der Waals surface area (Å²) in [6.45, 7) is 0. The van der Waals surface area contributed by atoms with Crippen LogP contribution in [0.1, 0.15) is 37.3 Å². The minimum absolute atomic E-state index is 0.126. The van der Waals surface area contributed by atoms with E-state index in [2.05, 4.69) is 27.8 Å².